The van der Waals surface area contributed by atoms with Crippen molar-refractivity contribution >= 4 is 5.82 Å². The first-order chi connectivity index (χ1) is 15.3. The minimum atomic E-state index is -4.30. The summed E-state index contributed by atoms with van der Waals surface area (Å²) in [7, 11) is 1.72. The lowest BCUT2D eigenvalue weighted by Crippen LogP contribution is -2.62. The number of benzene rings is 1. The van der Waals surface area contributed by atoms with Crippen molar-refractivity contribution in [2.75, 3.05) is 11.9 Å². The lowest BCUT2D eigenvalue weighted by Gasteiger charge is -2.43. The predicted molar refractivity (Wildman–Crippen MR) is 111 cm³/mol. The topological polar surface area (TPSA) is 103 Å². The third-order valence-electron chi connectivity index (χ3n) is 6.61. The fourth-order valence-electron chi connectivity index (χ4n) is 4.79. The summed E-state index contributed by atoms with van der Waals surface area (Å²) < 4.78 is 41.1. The number of fused-ring (bicyclic) bond motifs is 2. The van der Waals surface area contributed by atoms with Gasteiger partial charge in [0.15, 0.2) is 11.6 Å². The molecule has 1 aromatic carbocycles. The Morgan fingerprint density at radius 1 is 1.19 bits per heavy atom. The lowest BCUT2D eigenvalue weighted by molar-refractivity contribution is -0.199. The van der Waals surface area contributed by atoms with Gasteiger partial charge < -0.3 is 15.3 Å². The molecule has 0 spiro atoms. The molecular weight excluding hydrogens is 423 g/mol. The van der Waals surface area contributed by atoms with E-state index < -0.39 is 11.7 Å². The van der Waals surface area contributed by atoms with Crippen LogP contribution in [0.25, 0.3) is 22.5 Å². The largest absolute Gasteiger partial charge is 0.507 e. The molecule has 4 heterocycles. The standard InChI is InChI=1S/C21H22F3N7O/c1-31(15-7-14-4-5-20(8-15,28-14)21(22,23)24)18-11-25-19(30-29-18)16-3-2-12(6-17(16)32)13-9-26-27-10-13/h2-3,6,9-11,14-15,28,32H,4-5,7-8H2,1H3,(H,26,27)/t14-,15+,20-/m1/s1. The van der Waals surface area contributed by atoms with Crippen molar-refractivity contribution in [2.24, 2.45) is 0 Å². The van der Waals surface area contributed by atoms with Gasteiger partial charge in [0, 0.05) is 30.9 Å². The van der Waals surface area contributed by atoms with E-state index in [4.69, 9.17) is 0 Å². The van der Waals surface area contributed by atoms with Gasteiger partial charge in [-0.2, -0.15) is 18.3 Å². The van der Waals surface area contributed by atoms with Crippen LogP contribution in [0.1, 0.15) is 25.7 Å². The highest BCUT2D eigenvalue weighted by Gasteiger charge is 2.61. The summed E-state index contributed by atoms with van der Waals surface area (Å²) in [6, 6.07) is 4.60. The average molecular weight is 445 g/mol. The number of aromatic hydroxyl groups is 1. The number of halogens is 3. The van der Waals surface area contributed by atoms with E-state index in [-0.39, 0.29) is 36.5 Å². The zero-order valence-corrected chi connectivity index (χ0v) is 17.3. The van der Waals surface area contributed by atoms with Gasteiger partial charge in [0.25, 0.3) is 0 Å². The zero-order chi connectivity index (χ0) is 22.5. The highest BCUT2D eigenvalue weighted by molar-refractivity contribution is 5.72. The molecule has 0 unspecified atom stereocenters. The number of H-pyrrole nitrogens is 1. The van der Waals surface area contributed by atoms with Crippen molar-refractivity contribution < 1.29 is 18.3 Å². The Kier molecular flexibility index (Phi) is 4.81. The first kappa shape index (κ1) is 20.7. The van der Waals surface area contributed by atoms with E-state index in [1.807, 2.05) is 6.07 Å². The van der Waals surface area contributed by atoms with E-state index in [0.29, 0.717) is 24.2 Å². The predicted octanol–water partition coefficient (Wildman–Crippen LogP) is 3.29. The van der Waals surface area contributed by atoms with E-state index in [1.165, 1.54) is 6.20 Å². The van der Waals surface area contributed by atoms with E-state index in [0.717, 1.165) is 11.1 Å². The molecule has 2 aliphatic heterocycles. The fourth-order valence-corrected chi connectivity index (χ4v) is 4.79. The van der Waals surface area contributed by atoms with Crippen molar-refractivity contribution in [3.8, 4) is 28.3 Å². The maximum atomic E-state index is 13.7. The highest BCUT2D eigenvalue weighted by Crippen LogP contribution is 2.47. The molecule has 0 amide bonds. The van der Waals surface area contributed by atoms with Gasteiger partial charge in [0.1, 0.15) is 11.3 Å². The second-order valence-corrected chi connectivity index (χ2v) is 8.52. The summed E-state index contributed by atoms with van der Waals surface area (Å²) in [5, 5.41) is 28.1. The summed E-state index contributed by atoms with van der Waals surface area (Å²) in [5.41, 5.74) is 0.187. The Labute approximate surface area is 181 Å². The summed E-state index contributed by atoms with van der Waals surface area (Å²) >= 11 is 0. The monoisotopic (exact) mass is 445 g/mol. The molecule has 2 fully saturated rings. The number of alkyl halides is 3. The Morgan fingerprint density at radius 3 is 2.69 bits per heavy atom. The SMILES string of the molecule is CN(c1cnc(-c2ccc(-c3cn[nH]c3)cc2O)nn1)[C@H]1C[C@H]2CC[C@](C(F)(F)F)(C1)N2. The second-order valence-electron chi connectivity index (χ2n) is 8.52. The van der Waals surface area contributed by atoms with Gasteiger partial charge >= 0.3 is 6.18 Å². The van der Waals surface area contributed by atoms with Crippen LogP contribution in [-0.2, 0) is 0 Å². The molecule has 0 radical (unpaired) electrons. The van der Waals surface area contributed by atoms with Crippen molar-refractivity contribution in [1.29, 1.82) is 0 Å². The molecule has 3 aromatic rings. The lowest BCUT2D eigenvalue weighted by atomic mass is 9.86. The molecule has 3 atom stereocenters. The molecule has 5 rings (SSSR count). The summed E-state index contributed by atoms with van der Waals surface area (Å²) in [4.78, 5) is 6.03. The first-order valence-electron chi connectivity index (χ1n) is 10.4. The van der Waals surface area contributed by atoms with Gasteiger partial charge in [-0.05, 0) is 43.4 Å². The molecular formula is C21H22F3N7O. The number of hydrogen-bond donors (Lipinski definition) is 3. The van der Waals surface area contributed by atoms with Crippen LogP contribution >= 0.6 is 0 Å². The van der Waals surface area contributed by atoms with Crippen LogP contribution in [0.2, 0.25) is 0 Å². The van der Waals surface area contributed by atoms with Gasteiger partial charge in [-0.15, -0.1) is 10.2 Å². The third-order valence-corrected chi connectivity index (χ3v) is 6.61. The van der Waals surface area contributed by atoms with Gasteiger partial charge in [-0.1, -0.05) is 6.07 Å². The Bertz CT molecular complexity index is 1100. The molecule has 2 aliphatic rings. The van der Waals surface area contributed by atoms with Crippen LogP contribution < -0.4 is 10.2 Å². The van der Waals surface area contributed by atoms with E-state index >= 15 is 0 Å². The van der Waals surface area contributed by atoms with Crippen LogP contribution in [0, 0.1) is 0 Å². The number of hydrogen-bond acceptors (Lipinski definition) is 7. The van der Waals surface area contributed by atoms with Gasteiger partial charge in [0.2, 0.25) is 0 Å². The van der Waals surface area contributed by atoms with Crippen LogP contribution in [0.15, 0.2) is 36.8 Å². The summed E-state index contributed by atoms with van der Waals surface area (Å²) in [6.07, 6.45) is 1.73. The first-order valence-corrected chi connectivity index (χ1v) is 10.4. The van der Waals surface area contributed by atoms with Gasteiger partial charge in [-0.25, -0.2) is 4.98 Å². The van der Waals surface area contributed by atoms with Crippen LogP contribution in [0.4, 0.5) is 19.0 Å². The third kappa shape index (κ3) is 3.46. The number of piperidine rings is 1. The zero-order valence-electron chi connectivity index (χ0n) is 17.3. The van der Waals surface area contributed by atoms with Crippen LogP contribution in [0.3, 0.4) is 0 Å². The van der Waals surface area contributed by atoms with E-state index in [9.17, 15) is 18.3 Å². The highest BCUT2D eigenvalue weighted by atomic mass is 19.4. The van der Waals surface area contributed by atoms with Gasteiger partial charge in [0.05, 0.1) is 18.0 Å². The number of phenolic OH excluding ortho intramolecular Hbond substituents is 1. The minimum Gasteiger partial charge on any atom is -0.507 e. The molecule has 0 saturated carbocycles. The number of aromatic nitrogens is 5. The molecule has 8 nitrogen and oxygen atoms in total. The Morgan fingerprint density at radius 2 is 2.03 bits per heavy atom. The molecule has 2 bridgehead atoms. The second kappa shape index (κ2) is 7.44. The number of phenols is 1. The summed E-state index contributed by atoms with van der Waals surface area (Å²) in [6.45, 7) is 0. The van der Waals surface area contributed by atoms with Crippen molar-refractivity contribution in [2.45, 2.75) is 49.5 Å². The molecule has 0 aliphatic carbocycles. The average Bonchev–Trinajstić information content (AvgIpc) is 3.41. The smallest absolute Gasteiger partial charge is 0.406 e. The molecule has 3 N–H and O–H groups in total. The van der Waals surface area contributed by atoms with Crippen molar-refractivity contribution in [3.05, 3.63) is 36.8 Å². The number of rotatable bonds is 4. The minimum absolute atomic E-state index is 0.00588. The normalized spacial score (nSPS) is 25.1. The molecule has 168 valence electrons. The van der Waals surface area contributed by atoms with Gasteiger partial charge in [-0.3, -0.25) is 5.10 Å². The van der Waals surface area contributed by atoms with Crippen LogP contribution in [-0.4, -0.2) is 61.3 Å². The Balaban J connectivity index is 1.35. The Hall–Kier alpha value is -3.21. The number of aromatic amines is 1. The quantitative estimate of drug-likeness (QED) is 0.566. The summed E-state index contributed by atoms with van der Waals surface area (Å²) in [5.74, 6) is 0.621. The van der Waals surface area contributed by atoms with E-state index in [2.05, 4.69) is 30.7 Å². The number of anilines is 1. The molecule has 2 saturated heterocycles. The molecule has 32 heavy (non-hydrogen) atoms. The van der Waals surface area contributed by atoms with Crippen LogP contribution in [0.5, 0.6) is 5.75 Å². The van der Waals surface area contributed by atoms with Crippen molar-refractivity contribution in [3.63, 3.8) is 0 Å². The van der Waals surface area contributed by atoms with Crippen molar-refractivity contribution in [1.82, 2.24) is 30.7 Å². The molecule has 11 heteroatoms. The number of nitrogens with zero attached hydrogens (tertiary/aromatic N) is 5. The number of nitrogens with one attached hydrogen (secondary N) is 2. The molecule has 2 aromatic heterocycles. The van der Waals surface area contributed by atoms with E-state index in [1.54, 1.807) is 36.5 Å². The maximum Gasteiger partial charge on any atom is 0.406 e. The fraction of sp³-hybridized carbons (Fsp3) is 0.429. The maximum absolute atomic E-state index is 13.7.